The van der Waals surface area contributed by atoms with Crippen molar-refractivity contribution in [1.82, 2.24) is 4.72 Å². The normalized spacial score (nSPS) is 16.4. The number of nitrogens with zero attached hydrogens (tertiary/aromatic N) is 1. The van der Waals surface area contributed by atoms with Crippen LogP contribution in [0.3, 0.4) is 0 Å². The lowest BCUT2D eigenvalue weighted by Crippen LogP contribution is -2.30. The van der Waals surface area contributed by atoms with E-state index in [0.29, 0.717) is 11.3 Å². The summed E-state index contributed by atoms with van der Waals surface area (Å²) in [7, 11) is -3.58. The fraction of sp³-hybridized carbons (Fsp3) is 0.176. The van der Waals surface area contributed by atoms with Crippen molar-refractivity contribution in [3.63, 3.8) is 0 Å². The Morgan fingerprint density at radius 1 is 1.16 bits per heavy atom. The molecule has 7 nitrogen and oxygen atoms in total. The SMILES string of the molecule is CC(C)NS(=O)(=O)c1ccc(C2=N/C(=C\c3ccco3)C(=O)O2)cc1. The Bertz CT molecular complexity index is 939. The summed E-state index contributed by atoms with van der Waals surface area (Å²) in [4.78, 5) is 16.1. The Morgan fingerprint density at radius 3 is 2.48 bits per heavy atom. The minimum Gasteiger partial charge on any atom is -0.465 e. The molecule has 1 aromatic heterocycles. The molecule has 1 aliphatic rings. The van der Waals surface area contributed by atoms with E-state index >= 15 is 0 Å². The van der Waals surface area contributed by atoms with Crippen molar-refractivity contribution in [2.75, 3.05) is 0 Å². The van der Waals surface area contributed by atoms with E-state index in [1.807, 2.05) is 0 Å². The summed E-state index contributed by atoms with van der Waals surface area (Å²) in [5.41, 5.74) is 0.614. The van der Waals surface area contributed by atoms with Gasteiger partial charge in [0.05, 0.1) is 11.2 Å². The van der Waals surface area contributed by atoms with Gasteiger partial charge in [-0.3, -0.25) is 0 Å². The molecule has 0 amide bonds. The molecule has 2 heterocycles. The Balaban J connectivity index is 1.85. The Kier molecular flexibility index (Phi) is 4.56. The minimum absolute atomic E-state index is 0.114. The van der Waals surface area contributed by atoms with Gasteiger partial charge in [0.2, 0.25) is 15.9 Å². The molecule has 130 valence electrons. The van der Waals surface area contributed by atoms with Gasteiger partial charge < -0.3 is 9.15 Å². The number of aliphatic imine (C=N–C) groups is 1. The lowest BCUT2D eigenvalue weighted by Gasteiger charge is -2.09. The predicted octanol–water partition coefficient (Wildman–Crippen LogP) is 2.31. The zero-order chi connectivity index (χ0) is 18.0. The van der Waals surface area contributed by atoms with E-state index in [-0.39, 0.29) is 22.5 Å². The number of carbonyl (C=O) groups is 1. The number of carbonyl (C=O) groups excluding carboxylic acids is 1. The number of furan rings is 1. The maximum atomic E-state index is 12.1. The fourth-order valence-corrected chi connectivity index (χ4v) is 3.45. The van der Waals surface area contributed by atoms with Gasteiger partial charge in [-0.15, -0.1) is 0 Å². The van der Waals surface area contributed by atoms with Crippen LogP contribution in [-0.4, -0.2) is 26.3 Å². The van der Waals surface area contributed by atoms with E-state index < -0.39 is 16.0 Å². The van der Waals surface area contributed by atoms with Gasteiger partial charge in [-0.05, 0) is 50.2 Å². The van der Waals surface area contributed by atoms with Gasteiger partial charge in [0, 0.05) is 17.7 Å². The average molecular weight is 360 g/mol. The molecule has 0 saturated heterocycles. The van der Waals surface area contributed by atoms with Gasteiger partial charge in [-0.25, -0.2) is 22.9 Å². The lowest BCUT2D eigenvalue weighted by molar-refractivity contribution is -0.129. The highest BCUT2D eigenvalue weighted by atomic mass is 32.2. The van der Waals surface area contributed by atoms with Crippen LogP contribution in [0.15, 0.2) is 62.7 Å². The molecule has 1 N–H and O–H groups in total. The van der Waals surface area contributed by atoms with Crippen LogP contribution in [0.25, 0.3) is 6.08 Å². The first-order valence-electron chi connectivity index (χ1n) is 7.54. The van der Waals surface area contributed by atoms with Crippen LogP contribution in [0.2, 0.25) is 0 Å². The third-order valence-corrected chi connectivity index (χ3v) is 4.92. The smallest absolute Gasteiger partial charge is 0.363 e. The highest BCUT2D eigenvalue weighted by Gasteiger charge is 2.25. The van der Waals surface area contributed by atoms with Gasteiger partial charge in [-0.1, -0.05) is 0 Å². The zero-order valence-corrected chi connectivity index (χ0v) is 14.4. The van der Waals surface area contributed by atoms with Crippen LogP contribution >= 0.6 is 0 Å². The Labute approximate surface area is 145 Å². The highest BCUT2D eigenvalue weighted by molar-refractivity contribution is 7.89. The van der Waals surface area contributed by atoms with Crippen molar-refractivity contribution in [3.05, 3.63) is 59.7 Å². The monoisotopic (exact) mass is 360 g/mol. The van der Waals surface area contributed by atoms with E-state index in [1.54, 1.807) is 26.0 Å². The molecule has 0 bridgehead atoms. The van der Waals surface area contributed by atoms with Crippen LogP contribution in [0.5, 0.6) is 0 Å². The second-order valence-electron chi connectivity index (χ2n) is 5.65. The topological polar surface area (TPSA) is 98.0 Å². The van der Waals surface area contributed by atoms with Gasteiger partial charge in [0.25, 0.3) is 0 Å². The molecule has 8 heteroatoms. The molecule has 2 aromatic rings. The van der Waals surface area contributed by atoms with Crippen molar-refractivity contribution < 1.29 is 22.4 Å². The van der Waals surface area contributed by atoms with Crippen LogP contribution in [0, 0.1) is 0 Å². The summed E-state index contributed by atoms with van der Waals surface area (Å²) in [6, 6.07) is 9.12. The largest absolute Gasteiger partial charge is 0.465 e. The summed E-state index contributed by atoms with van der Waals surface area (Å²) in [6.45, 7) is 3.48. The molecule has 1 aliphatic heterocycles. The predicted molar refractivity (Wildman–Crippen MR) is 91.2 cm³/mol. The molecule has 0 fully saturated rings. The standard InChI is InChI=1S/C17H16N2O5S/c1-11(2)19-25(21,22)14-7-5-12(6-8-14)16-18-15(17(20)24-16)10-13-4-3-9-23-13/h3-11,19H,1-2H3/b15-10-. The average Bonchev–Trinajstić information content (AvgIpc) is 3.17. The number of rotatable bonds is 5. The Morgan fingerprint density at radius 2 is 1.88 bits per heavy atom. The molecule has 25 heavy (non-hydrogen) atoms. The van der Waals surface area contributed by atoms with Crippen molar-refractivity contribution in [2.24, 2.45) is 4.99 Å². The number of esters is 1. The lowest BCUT2D eigenvalue weighted by atomic mass is 10.2. The fourth-order valence-electron chi connectivity index (χ4n) is 2.20. The third-order valence-electron chi connectivity index (χ3n) is 3.25. The molecule has 0 radical (unpaired) electrons. The van der Waals surface area contributed by atoms with Crippen molar-refractivity contribution in [1.29, 1.82) is 0 Å². The summed E-state index contributed by atoms with van der Waals surface area (Å²) < 4.78 is 37.0. The first-order valence-corrected chi connectivity index (χ1v) is 9.02. The molecular weight excluding hydrogens is 344 g/mol. The molecule has 0 atom stereocenters. The summed E-state index contributed by atoms with van der Waals surface area (Å²) in [5.74, 6) is 0.00583. The van der Waals surface area contributed by atoms with Crippen molar-refractivity contribution in [3.8, 4) is 0 Å². The number of nitrogens with one attached hydrogen (secondary N) is 1. The summed E-state index contributed by atoms with van der Waals surface area (Å²) in [5, 5.41) is 0. The Hall–Kier alpha value is -2.71. The van der Waals surface area contributed by atoms with E-state index in [2.05, 4.69) is 9.71 Å². The van der Waals surface area contributed by atoms with Crippen molar-refractivity contribution in [2.45, 2.75) is 24.8 Å². The van der Waals surface area contributed by atoms with Gasteiger partial charge in [-0.2, -0.15) is 0 Å². The van der Waals surface area contributed by atoms with E-state index in [1.165, 1.54) is 36.6 Å². The number of hydrogen-bond donors (Lipinski definition) is 1. The van der Waals surface area contributed by atoms with Crippen LogP contribution in [0.1, 0.15) is 25.2 Å². The molecule has 0 unspecified atom stereocenters. The van der Waals surface area contributed by atoms with Crippen LogP contribution in [0.4, 0.5) is 0 Å². The summed E-state index contributed by atoms with van der Waals surface area (Å²) in [6.07, 6.45) is 2.96. The molecule has 3 rings (SSSR count). The van der Waals surface area contributed by atoms with Gasteiger partial charge in [0.1, 0.15) is 5.76 Å². The molecule has 0 saturated carbocycles. The maximum Gasteiger partial charge on any atom is 0.363 e. The van der Waals surface area contributed by atoms with E-state index in [4.69, 9.17) is 9.15 Å². The van der Waals surface area contributed by atoms with Gasteiger partial charge >= 0.3 is 5.97 Å². The number of sulfonamides is 1. The second kappa shape index (κ2) is 6.66. The van der Waals surface area contributed by atoms with E-state index in [9.17, 15) is 13.2 Å². The zero-order valence-electron chi connectivity index (χ0n) is 13.6. The number of cyclic esters (lactones) is 1. The number of ether oxygens (including phenoxy) is 1. The van der Waals surface area contributed by atoms with Crippen molar-refractivity contribution >= 4 is 28.0 Å². The van der Waals surface area contributed by atoms with E-state index in [0.717, 1.165) is 0 Å². The number of hydrogen-bond acceptors (Lipinski definition) is 6. The first kappa shape index (κ1) is 17.1. The molecular formula is C17H16N2O5S. The van der Waals surface area contributed by atoms with Gasteiger partial charge in [0.15, 0.2) is 5.70 Å². The summed E-state index contributed by atoms with van der Waals surface area (Å²) >= 11 is 0. The molecule has 0 spiro atoms. The highest BCUT2D eigenvalue weighted by Crippen LogP contribution is 2.20. The minimum atomic E-state index is -3.58. The molecule has 1 aromatic carbocycles. The van der Waals surface area contributed by atoms with Crippen LogP contribution in [-0.2, 0) is 19.6 Å². The third kappa shape index (κ3) is 3.86. The van der Waals surface area contributed by atoms with Crippen LogP contribution < -0.4 is 4.72 Å². The maximum absolute atomic E-state index is 12.1. The first-order chi connectivity index (χ1) is 11.8. The molecule has 0 aliphatic carbocycles. The number of benzene rings is 1. The second-order valence-corrected chi connectivity index (χ2v) is 7.37. The quantitative estimate of drug-likeness (QED) is 0.652.